The molecule has 194 valence electrons. The standard InChI is InChI=1S/C28H36N8O/c1-20(2)34-11-9-33(10-12-34)19-25-29-27-24(35-13-15-37-16-14-35)18-26(31-28(27)30-25)36-8-7-23(32-36)22-6-4-5-21(3)17-22/h4-8,17-18,20H,9-16,19H2,1-3H3,(H,29,30,31). The summed E-state index contributed by atoms with van der Waals surface area (Å²) in [6.07, 6.45) is 1.99. The molecule has 0 bridgehead atoms. The number of fused-ring (bicyclic) bond motifs is 1. The average molecular weight is 501 g/mol. The van der Waals surface area contributed by atoms with E-state index in [2.05, 4.69) is 70.8 Å². The van der Waals surface area contributed by atoms with Crippen molar-refractivity contribution in [3.05, 3.63) is 54.0 Å². The second kappa shape index (κ2) is 10.2. The first kappa shape index (κ1) is 24.1. The minimum atomic E-state index is 0.598. The Labute approximate surface area is 218 Å². The number of aromatic nitrogens is 5. The number of anilines is 1. The molecule has 9 heteroatoms. The molecule has 1 aromatic carbocycles. The highest BCUT2D eigenvalue weighted by Crippen LogP contribution is 2.29. The number of hydrogen-bond acceptors (Lipinski definition) is 7. The third-order valence-electron chi connectivity index (χ3n) is 7.47. The summed E-state index contributed by atoms with van der Waals surface area (Å²) >= 11 is 0. The van der Waals surface area contributed by atoms with E-state index in [0.29, 0.717) is 6.04 Å². The second-order valence-electron chi connectivity index (χ2n) is 10.4. The Bertz CT molecular complexity index is 1360. The third kappa shape index (κ3) is 5.12. The van der Waals surface area contributed by atoms with E-state index >= 15 is 0 Å². The van der Waals surface area contributed by atoms with Crippen LogP contribution in [0.5, 0.6) is 0 Å². The van der Waals surface area contributed by atoms with Crippen molar-refractivity contribution in [1.29, 1.82) is 0 Å². The van der Waals surface area contributed by atoms with Crippen LogP contribution in [0.25, 0.3) is 28.2 Å². The molecule has 4 aromatic rings. The fourth-order valence-electron chi connectivity index (χ4n) is 5.31. The number of ether oxygens (including phenoxy) is 1. The molecule has 6 rings (SSSR count). The molecule has 0 unspecified atom stereocenters. The number of nitrogens with zero attached hydrogens (tertiary/aromatic N) is 7. The maximum Gasteiger partial charge on any atom is 0.162 e. The number of benzene rings is 1. The van der Waals surface area contributed by atoms with Crippen molar-refractivity contribution in [2.45, 2.75) is 33.4 Å². The van der Waals surface area contributed by atoms with E-state index in [-0.39, 0.29) is 0 Å². The Kier molecular flexibility index (Phi) is 6.67. The van der Waals surface area contributed by atoms with Crippen LogP contribution in [0.2, 0.25) is 0 Å². The van der Waals surface area contributed by atoms with E-state index in [9.17, 15) is 0 Å². The molecule has 3 aromatic heterocycles. The Morgan fingerprint density at radius 1 is 0.973 bits per heavy atom. The lowest BCUT2D eigenvalue weighted by Crippen LogP contribution is -2.48. The minimum absolute atomic E-state index is 0.598. The number of hydrogen-bond donors (Lipinski definition) is 1. The van der Waals surface area contributed by atoms with Crippen LogP contribution in [-0.2, 0) is 11.3 Å². The van der Waals surface area contributed by atoms with Crippen molar-refractivity contribution < 1.29 is 4.74 Å². The normalized spacial score (nSPS) is 17.8. The Hall–Kier alpha value is -3.27. The van der Waals surface area contributed by atoms with E-state index < -0.39 is 0 Å². The van der Waals surface area contributed by atoms with Crippen LogP contribution < -0.4 is 4.90 Å². The molecule has 0 aliphatic carbocycles. The highest BCUT2D eigenvalue weighted by Gasteiger charge is 2.23. The van der Waals surface area contributed by atoms with Gasteiger partial charge >= 0.3 is 0 Å². The second-order valence-corrected chi connectivity index (χ2v) is 10.4. The maximum absolute atomic E-state index is 5.63. The van der Waals surface area contributed by atoms with Crippen molar-refractivity contribution in [2.24, 2.45) is 0 Å². The van der Waals surface area contributed by atoms with Crippen molar-refractivity contribution in [2.75, 3.05) is 57.4 Å². The third-order valence-corrected chi connectivity index (χ3v) is 7.47. The smallest absolute Gasteiger partial charge is 0.162 e. The number of aryl methyl sites for hydroxylation is 1. The quantitative estimate of drug-likeness (QED) is 0.434. The first-order valence-corrected chi connectivity index (χ1v) is 13.4. The predicted molar refractivity (Wildman–Crippen MR) is 146 cm³/mol. The maximum atomic E-state index is 5.63. The van der Waals surface area contributed by atoms with E-state index in [1.54, 1.807) is 0 Å². The fourth-order valence-corrected chi connectivity index (χ4v) is 5.31. The van der Waals surface area contributed by atoms with Gasteiger partial charge in [-0.05, 0) is 32.9 Å². The molecule has 2 fully saturated rings. The molecular weight excluding hydrogens is 464 g/mol. The van der Waals surface area contributed by atoms with Crippen LogP contribution in [0.15, 0.2) is 42.6 Å². The van der Waals surface area contributed by atoms with Crippen LogP contribution in [0.3, 0.4) is 0 Å². The van der Waals surface area contributed by atoms with E-state index in [1.807, 2.05) is 16.9 Å². The Balaban J connectivity index is 1.32. The summed E-state index contributed by atoms with van der Waals surface area (Å²) < 4.78 is 7.50. The summed E-state index contributed by atoms with van der Waals surface area (Å²) in [5.41, 5.74) is 6.08. The lowest BCUT2D eigenvalue weighted by Gasteiger charge is -2.36. The molecule has 0 atom stereocenters. The molecular formula is C28H36N8O. The van der Waals surface area contributed by atoms with Gasteiger partial charge in [0.05, 0.1) is 31.1 Å². The Morgan fingerprint density at radius 3 is 2.54 bits per heavy atom. The molecule has 0 spiro atoms. The van der Waals surface area contributed by atoms with E-state index in [1.165, 1.54) is 5.56 Å². The number of imidazole rings is 1. The van der Waals surface area contributed by atoms with Gasteiger partial charge in [0.2, 0.25) is 0 Å². The van der Waals surface area contributed by atoms with Crippen molar-refractivity contribution in [1.82, 2.24) is 34.5 Å². The number of nitrogens with one attached hydrogen (secondary N) is 1. The van der Waals surface area contributed by atoms with Crippen molar-refractivity contribution in [3.63, 3.8) is 0 Å². The zero-order valence-electron chi connectivity index (χ0n) is 22.0. The lowest BCUT2D eigenvalue weighted by atomic mass is 10.1. The van der Waals surface area contributed by atoms with Gasteiger partial charge in [0.25, 0.3) is 0 Å². The zero-order valence-corrected chi connectivity index (χ0v) is 22.0. The molecule has 2 saturated heterocycles. The topological polar surface area (TPSA) is 78.3 Å². The average Bonchev–Trinajstić information content (AvgIpc) is 3.56. The van der Waals surface area contributed by atoms with Crippen molar-refractivity contribution >= 4 is 16.9 Å². The molecule has 0 amide bonds. The first-order valence-electron chi connectivity index (χ1n) is 13.4. The molecule has 0 saturated carbocycles. The summed E-state index contributed by atoms with van der Waals surface area (Å²) in [7, 11) is 0. The summed E-state index contributed by atoms with van der Waals surface area (Å²) in [4.78, 5) is 20.9. The van der Waals surface area contributed by atoms with Gasteiger partial charge in [0.1, 0.15) is 11.3 Å². The molecule has 9 nitrogen and oxygen atoms in total. The van der Waals surface area contributed by atoms with E-state index in [4.69, 9.17) is 19.8 Å². The van der Waals surface area contributed by atoms with Gasteiger partial charge in [-0.25, -0.2) is 14.6 Å². The number of morpholine rings is 1. The van der Waals surface area contributed by atoms with Gasteiger partial charge in [-0.15, -0.1) is 0 Å². The predicted octanol–water partition coefficient (Wildman–Crippen LogP) is 3.48. The van der Waals surface area contributed by atoms with Crippen molar-refractivity contribution in [3.8, 4) is 17.1 Å². The monoisotopic (exact) mass is 500 g/mol. The highest BCUT2D eigenvalue weighted by atomic mass is 16.5. The van der Waals surface area contributed by atoms with Gasteiger partial charge in [-0.1, -0.05) is 23.8 Å². The number of pyridine rings is 1. The van der Waals surface area contributed by atoms with Crippen LogP contribution in [0, 0.1) is 6.92 Å². The lowest BCUT2D eigenvalue weighted by molar-refractivity contribution is 0.102. The van der Waals surface area contributed by atoms with E-state index in [0.717, 1.165) is 98.8 Å². The highest BCUT2D eigenvalue weighted by molar-refractivity contribution is 5.87. The number of rotatable bonds is 6. The summed E-state index contributed by atoms with van der Waals surface area (Å²) in [6.45, 7) is 14.9. The van der Waals surface area contributed by atoms with Crippen LogP contribution in [0.4, 0.5) is 5.69 Å². The fraction of sp³-hybridized carbons (Fsp3) is 0.464. The van der Waals surface area contributed by atoms with Gasteiger partial charge in [-0.3, -0.25) is 9.80 Å². The molecule has 0 radical (unpaired) electrons. The summed E-state index contributed by atoms with van der Waals surface area (Å²) in [6, 6.07) is 13.2. The summed E-state index contributed by atoms with van der Waals surface area (Å²) in [5.74, 6) is 1.75. The van der Waals surface area contributed by atoms with Gasteiger partial charge in [0.15, 0.2) is 11.5 Å². The SMILES string of the molecule is Cc1cccc(-c2ccn(-c3cc(N4CCOCC4)c4nc(CN5CCN(C(C)C)CC5)[nH]c4n3)n2)c1. The molecule has 37 heavy (non-hydrogen) atoms. The number of aromatic amines is 1. The zero-order chi connectivity index (χ0) is 25.4. The summed E-state index contributed by atoms with van der Waals surface area (Å²) in [5, 5.41) is 4.87. The minimum Gasteiger partial charge on any atom is -0.378 e. The molecule has 2 aliphatic rings. The van der Waals surface area contributed by atoms with Gasteiger partial charge in [-0.2, -0.15) is 5.10 Å². The molecule has 1 N–H and O–H groups in total. The number of H-pyrrole nitrogens is 1. The molecule has 2 aliphatic heterocycles. The molecule has 5 heterocycles. The Morgan fingerprint density at radius 2 is 1.78 bits per heavy atom. The first-order chi connectivity index (χ1) is 18.0. The van der Waals surface area contributed by atoms with Gasteiger partial charge < -0.3 is 14.6 Å². The largest absolute Gasteiger partial charge is 0.378 e. The van der Waals surface area contributed by atoms with Crippen LogP contribution in [0.1, 0.15) is 25.2 Å². The van der Waals surface area contributed by atoms with Crippen LogP contribution >= 0.6 is 0 Å². The number of piperazine rings is 1. The van der Waals surface area contributed by atoms with Gasteiger partial charge in [0, 0.05) is 63.1 Å². The van der Waals surface area contributed by atoms with Crippen LogP contribution in [-0.4, -0.2) is 93.1 Å².